The van der Waals surface area contributed by atoms with E-state index in [9.17, 15) is 4.79 Å². The van der Waals surface area contributed by atoms with Crippen molar-refractivity contribution in [2.24, 2.45) is 5.73 Å². The molecule has 1 atom stereocenters. The van der Waals surface area contributed by atoms with E-state index in [4.69, 9.17) is 18.0 Å². The number of aromatic nitrogens is 2. The molecular formula is C15H17N3OS. The third kappa shape index (κ3) is 3.11. The standard InChI is InChI=1S/C15H17N3OS/c1-10-8-11(2)18(15(19)17-10)9-13(14(16)20)12-6-4-3-5-7-12/h3-8,13H,9H2,1-2H3,(H2,16,20). The Kier molecular flexibility index (Phi) is 4.29. The summed E-state index contributed by atoms with van der Waals surface area (Å²) in [7, 11) is 0. The third-order valence-electron chi connectivity index (χ3n) is 3.26. The first kappa shape index (κ1) is 14.4. The van der Waals surface area contributed by atoms with Crippen molar-refractivity contribution in [2.75, 3.05) is 0 Å². The topological polar surface area (TPSA) is 60.9 Å². The quantitative estimate of drug-likeness (QED) is 0.873. The lowest BCUT2D eigenvalue weighted by Gasteiger charge is -2.19. The van der Waals surface area contributed by atoms with E-state index in [1.807, 2.05) is 43.3 Å². The largest absolute Gasteiger partial charge is 0.393 e. The highest BCUT2D eigenvalue weighted by Crippen LogP contribution is 2.18. The number of rotatable bonds is 4. The Balaban J connectivity index is 2.40. The minimum Gasteiger partial charge on any atom is -0.393 e. The minimum atomic E-state index is -0.264. The molecule has 104 valence electrons. The summed E-state index contributed by atoms with van der Waals surface area (Å²) in [5, 5.41) is 0. The van der Waals surface area contributed by atoms with Crippen molar-refractivity contribution in [3.05, 3.63) is 63.8 Å². The summed E-state index contributed by atoms with van der Waals surface area (Å²) in [6.45, 7) is 4.11. The van der Waals surface area contributed by atoms with E-state index in [-0.39, 0.29) is 11.6 Å². The molecule has 0 bridgehead atoms. The van der Waals surface area contributed by atoms with Crippen LogP contribution in [0.15, 0.2) is 41.2 Å². The van der Waals surface area contributed by atoms with Gasteiger partial charge in [0.2, 0.25) is 0 Å². The first-order valence-corrected chi connectivity index (χ1v) is 6.79. The summed E-state index contributed by atoms with van der Waals surface area (Å²) in [6.07, 6.45) is 0. The number of aryl methyl sites for hydroxylation is 2. The van der Waals surface area contributed by atoms with Crippen molar-refractivity contribution in [1.29, 1.82) is 0 Å². The SMILES string of the molecule is Cc1cc(C)n(CC(C(N)=S)c2ccccc2)c(=O)n1. The van der Waals surface area contributed by atoms with Crippen LogP contribution < -0.4 is 11.4 Å². The van der Waals surface area contributed by atoms with Crippen molar-refractivity contribution in [3.63, 3.8) is 0 Å². The fourth-order valence-corrected chi connectivity index (χ4v) is 2.43. The fourth-order valence-electron chi connectivity index (χ4n) is 2.22. The molecule has 1 heterocycles. The van der Waals surface area contributed by atoms with E-state index in [0.29, 0.717) is 11.5 Å². The molecule has 0 aliphatic rings. The van der Waals surface area contributed by atoms with Gasteiger partial charge in [-0.2, -0.15) is 4.98 Å². The highest BCUT2D eigenvalue weighted by molar-refractivity contribution is 7.80. The summed E-state index contributed by atoms with van der Waals surface area (Å²) in [6, 6.07) is 11.6. The van der Waals surface area contributed by atoms with Gasteiger partial charge in [0.25, 0.3) is 0 Å². The Morgan fingerprint density at radius 2 is 2.00 bits per heavy atom. The summed E-state index contributed by atoms with van der Waals surface area (Å²) in [5.74, 6) is -0.174. The van der Waals surface area contributed by atoms with Gasteiger partial charge in [0.15, 0.2) is 0 Å². The summed E-state index contributed by atoms with van der Waals surface area (Å²) in [5.41, 5.74) is 8.16. The highest BCUT2D eigenvalue weighted by Gasteiger charge is 2.17. The van der Waals surface area contributed by atoms with Crippen LogP contribution in [0.2, 0.25) is 0 Å². The highest BCUT2D eigenvalue weighted by atomic mass is 32.1. The second kappa shape index (κ2) is 5.96. The molecule has 5 heteroatoms. The Labute approximate surface area is 123 Å². The van der Waals surface area contributed by atoms with Crippen molar-refractivity contribution in [3.8, 4) is 0 Å². The lowest BCUT2D eigenvalue weighted by atomic mass is 9.99. The van der Waals surface area contributed by atoms with Gasteiger partial charge in [-0.15, -0.1) is 0 Å². The Hall–Kier alpha value is -2.01. The average Bonchev–Trinajstić information content (AvgIpc) is 2.38. The van der Waals surface area contributed by atoms with E-state index < -0.39 is 0 Å². The van der Waals surface area contributed by atoms with Crippen LogP contribution in [0.5, 0.6) is 0 Å². The molecule has 1 aromatic carbocycles. The maximum Gasteiger partial charge on any atom is 0.347 e. The second-order valence-electron chi connectivity index (χ2n) is 4.80. The third-order valence-corrected chi connectivity index (χ3v) is 3.54. The zero-order chi connectivity index (χ0) is 14.7. The van der Waals surface area contributed by atoms with Crippen molar-refractivity contribution >= 4 is 17.2 Å². The van der Waals surface area contributed by atoms with E-state index in [2.05, 4.69) is 4.98 Å². The van der Waals surface area contributed by atoms with Gasteiger partial charge >= 0.3 is 5.69 Å². The number of nitrogens with zero attached hydrogens (tertiary/aromatic N) is 2. The molecule has 0 saturated carbocycles. The molecule has 0 aliphatic heterocycles. The number of thiocarbonyl (C=S) groups is 1. The lowest BCUT2D eigenvalue weighted by Crippen LogP contribution is -2.32. The van der Waals surface area contributed by atoms with Crippen molar-refractivity contribution in [2.45, 2.75) is 26.3 Å². The zero-order valence-electron chi connectivity index (χ0n) is 11.5. The Bertz CT molecular complexity index is 679. The van der Waals surface area contributed by atoms with Crippen LogP contribution in [0.3, 0.4) is 0 Å². The predicted molar refractivity (Wildman–Crippen MR) is 83.9 cm³/mol. The van der Waals surface area contributed by atoms with Gasteiger partial charge in [0, 0.05) is 17.9 Å². The number of nitrogens with two attached hydrogens (primary N) is 1. The van der Waals surface area contributed by atoms with Gasteiger partial charge in [-0.25, -0.2) is 4.79 Å². The number of hydrogen-bond acceptors (Lipinski definition) is 3. The average molecular weight is 287 g/mol. The van der Waals surface area contributed by atoms with Crippen molar-refractivity contribution < 1.29 is 0 Å². The number of benzene rings is 1. The van der Waals surface area contributed by atoms with Crippen LogP contribution in [0.1, 0.15) is 22.9 Å². The van der Waals surface area contributed by atoms with E-state index >= 15 is 0 Å². The minimum absolute atomic E-state index is 0.174. The summed E-state index contributed by atoms with van der Waals surface area (Å²) >= 11 is 5.15. The first-order chi connectivity index (χ1) is 9.49. The van der Waals surface area contributed by atoms with Gasteiger partial charge < -0.3 is 5.73 Å². The molecule has 0 fully saturated rings. The van der Waals surface area contributed by atoms with Gasteiger partial charge in [0.1, 0.15) is 0 Å². The molecular weight excluding hydrogens is 270 g/mol. The molecule has 4 nitrogen and oxygen atoms in total. The van der Waals surface area contributed by atoms with E-state index in [1.54, 1.807) is 11.5 Å². The maximum absolute atomic E-state index is 12.0. The number of hydrogen-bond donors (Lipinski definition) is 1. The fraction of sp³-hybridized carbons (Fsp3) is 0.267. The predicted octanol–water partition coefficient (Wildman–Crippen LogP) is 1.93. The van der Waals surface area contributed by atoms with Crippen LogP contribution in [-0.2, 0) is 6.54 Å². The molecule has 0 aliphatic carbocycles. The summed E-state index contributed by atoms with van der Waals surface area (Å²) in [4.78, 5) is 16.4. The summed E-state index contributed by atoms with van der Waals surface area (Å²) < 4.78 is 1.61. The van der Waals surface area contributed by atoms with Crippen molar-refractivity contribution in [1.82, 2.24) is 9.55 Å². The zero-order valence-corrected chi connectivity index (χ0v) is 12.4. The lowest BCUT2D eigenvalue weighted by molar-refractivity contribution is 0.601. The normalized spacial score (nSPS) is 12.1. The van der Waals surface area contributed by atoms with Crippen LogP contribution >= 0.6 is 12.2 Å². The van der Waals surface area contributed by atoms with Gasteiger partial charge in [-0.1, -0.05) is 42.5 Å². The Morgan fingerprint density at radius 3 is 2.55 bits per heavy atom. The molecule has 2 rings (SSSR count). The molecule has 0 radical (unpaired) electrons. The maximum atomic E-state index is 12.0. The monoisotopic (exact) mass is 287 g/mol. The molecule has 1 aromatic heterocycles. The molecule has 2 N–H and O–H groups in total. The van der Waals surface area contributed by atoms with Gasteiger partial charge in [-0.05, 0) is 25.5 Å². The van der Waals surface area contributed by atoms with Crippen LogP contribution in [-0.4, -0.2) is 14.5 Å². The van der Waals surface area contributed by atoms with E-state index in [1.165, 1.54) is 0 Å². The van der Waals surface area contributed by atoms with E-state index in [0.717, 1.165) is 17.0 Å². The molecule has 0 spiro atoms. The van der Waals surface area contributed by atoms with Gasteiger partial charge in [-0.3, -0.25) is 4.57 Å². The molecule has 2 aromatic rings. The molecule has 0 amide bonds. The second-order valence-corrected chi connectivity index (χ2v) is 5.27. The molecule has 0 saturated heterocycles. The van der Waals surface area contributed by atoms with Crippen LogP contribution in [0.25, 0.3) is 0 Å². The van der Waals surface area contributed by atoms with Crippen LogP contribution in [0, 0.1) is 13.8 Å². The Morgan fingerprint density at radius 1 is 1.35 bits per heavy atom. The first-order valence-electron chi connectivity index (χ1n) is 6.38. The molecule has 1 unspecified atom stereocenters. The molecule has 20 heavy (non-hydrogen) atoms. The van der Waals surface area contributed by atoms with Crippen LogP contribution in [0.4, 0.5) is 0 Å². The van der Waals surface area contributed by atoms with Gasteiger partial charge in [0.05, 0.1) is 10.9 Å². The smallest absolute Gasteiger partial charge is 0.347 e.